The number of carboxylic acid groups (broad SMARTS) is 1. The summed E-state index contributed by atoms with van der Waals surface area (Å²) in [7, 11) is 0. The second kappa shape index (κ2) is 9.82. The number of rotatable bonds is 8. The van der Waals surface area contributed by atoms with E-state index in [1.54, 1.807) is 6.92 Å². The Hall–Kier alpha value is -3.43. The topological polar surface area (TPSA) is 134 Å². The highest BCUT2D eigenvalue weighted by atomic mass is 16.5. The van der Waals surface area contributed by atoms with E-state index in [2.05, 4.69) is 22.8 Å². The van der Waals surface area contributed by atoms with Gasteiger partial charge in [-0.05, 0) is 29.2 Å². The van der Waals surface area contributed by atoms with Crippen LogP contribution in [0.4, 0.5) is 4.79 Å². The predicted molar refractivity (Wildman–Crippen MR) is 122 cm³/mol. The number of ether oxygens (including phenoxy) is 2. The summed E-state index contributed by atoms with van der Waals surface area (Å²) in [6.45, 7) is 1.45. The zero-order valence-corrected chi connectivity index (χ0v) is 18.8. The third-order valence-corrected chi connectivity index (χ3v) is 6.63. The van der Waals surface area contributed by atoms with Crippen LogP contribution >= 0.6 is 0 Å². The first-order chi connectivity index (χ1) is 16.3. The number of nitrogens with one attached hydrogen (secondary N) is 2. The summed E-state index contributed by atoms with van der Waals surface area (Å²) in [5, 5.41) is 23.5. The van der Waals surface area contributed by atoms with Gasteiger partial charge in [-0.25, -0.2) is 9.59 Å². The van der Waals surface area contributed by atoms with Crippen LogP contribution in [0, 0.1) is 5.41 Å². The van der Waals surface area contributed by atoms with Crippen LogP contribution in [0.25, 0.3) is 11.1 Å². The van der Waals surface area contributed by atoms with E-state index >= 15 is 0 Å². The molecular weight excluding hydrogens is 440 g/mol. The maximum Gasteiger partial charge on any atom is 0.407 e. The molecule has 1 heterocycles. The molecule has 1 saturated heterocycles. The largest absolute Gasteiger partial charge is 0.480 e. The Morgan fingerprint density at radius 1 is 1.12 bits per heavy atom. The number of benzene rings is 2. The normalized spacial score (nSPS) is 21.9. The van der Waals surface area contributed by atoms with Gasteiger partial charge in [0.05, 0.1) is 24.7 Å². The summed E-state index contributed by atoms with van der Waals surface area (Å²) >= 11 is 0. The van der Waals surface area contributed by atoms with E-state index in [4.69, 9.17) is 14.6 Å². The summed E-state index contributed by atoms with van der Waals surface area (Å²) in [4.78, 5) is 36.9. The Kier molecular flexibility index (Phi) is 6.85. The van der Waals surface area contributed by atoms with Crippen LogP contribution < -0.4 is 10.6 Å². The van der Waals surface area contributed by atoms with Crippen molar-refractivity contribution < 1.29 is 34.1 Å². The second-order valence-corrected chi connectivity index (χ2v) is 8.83. The number of aliphatic carboxylic acids is 1. The van der Waals surface area contributed by atoms with E-state index in [-0.39, 0.29) is 38.8 Å². The van der Waals surface area contributed by atoms with Crippen LogP contribution in [0.1, 0.15) is 30.4 Å². The van der Waals surface area contributed by atoms with Gasteiger partial charge in [-0.3, -0.25) is 4.79 Å². The molecule has 1 aliphatic heterocycles. The van der Waals surface area contributed by atoms with Crippen LogP contribution in [-0.2, 0) is 19.1 Å². The first-order valence-corrected chi connectivity index (χ1v) is 11.2. The van der Waals surface area contributed by atoms with Crippen molar-refractivity contribution in [2.75, 3.05) is 26.4 Å². The first-order valence-electron chi connectivity index (χ1n) is 11.2. The van der Waals surface area contributed by atoms with Gasteiger partial charge in [-0.1, -0.05) is 48.5 Å². The summed E-state index contributed by atoms with van der Waals surface area (Å²) < 4.78 is 11.0. The number of hydrogen-bond acceptors (Lipinski definition) is 6. The number of hydrogen-bond donors (Lipinski definition) is 4. The number of carbonyl (C=O) groups excluding carboxylic acids is 2. The Balaban J connectivity index is 1.40. The lowest BCUT2D eigenvalue weighted by molar-refractivity contribution is -0.144. The molecule has 2 aromatic carbocycles. The van der Waals surface area contributed by atoms with Gasteiger partial charge in [-0.15, -0.1) is 0 Å². The van der Waals surface area contributed by atoms with Crippen LogP contribution in [0.5, 0.6) is 0 Å². The summed E-state index contributed by atoms with van der Waals surface area (Å²) in [6, 6.07) is 14.1. The monoisotopic (exact) mass is 468 g/mol. The Bertz CT molecular complexity index is 1040. The molecule has 180 valence electrons. The van der Waals surface area contributed by atoms with Crippen molar-refractivity contribution in [2.45, 2.75) is 31.3 Å². The van der Waals surface area contributed by atoms with E-state index < -0.39 is 35.5 Å². The molecule has 2 aromatic rings. The van der Waals surface area contributed by atoms with Gasteiger partial charge in [0.2, 0.25) is 5.91 Å². The minimum Gasteiger partial charge on any atom is -0.480 e. The molecule has 0 spiro atoms. The molecule has 1 aliphatic carbocycles. The molecule has 3 atom stereocenters. The fraction of sp³-hybridized carbons (Fsp3) is 0.400. The smallest absolute Gasteiger partial charge is 0.407 e. The van der Waals surface area contributed by atoms with E-state index in [1.807, 2.05) is 36.4 Å². The third kappa shape index (κ3) is 4.49. The molecule has 34 heavy (non-hydrogen) atoms. The molecule has 0 bridgehead atoms. The number of amides is 2. The maximum absolute atomic E-state index is 12.9. The lowest BCUT2D eigenvalue weighted by Gasteiger charge is -2.30. The minimum absolute atomic E-state index is 0.0125. The van der Waals surface area contributed by atoms with Gasteiger partial charge >= 0.3 is 12.1 Å². The highest BCUT2D eigenvalue weighted by Gasteiger charge is 2.48. The van der Waals surface area contributed by atoms with Crippen molar-refractivity contribution in [1.82, 2.24) is 10.6 Å². The molecule has 0 radical (unpaired) electrons. The average molecular weight is 469 g/mol. The van der Waals surface area contributed by atoms with Gasteiger partial charge in [0, 0.05) is 18.9 Å². The highest BCUT2D eigenvalue weighted by molar-refractivity contribution is 5.88. The molecule has 4 N–H and O–H groups in total. The van der Waals surface area contributed by atoms with Crippen LogP contribution in [-0.4, -0.2) is 66.7 Å². The zero-order valence-electron chi connectivity index (χ0n) is 18.8. The molecule has 9 heteroatoms. The van der Waals surface area contributed by atoms with Crippen LogP contribution in [0.15, 0.2) is 48.5 Å². The lowest BCUT2D eigenvalue weighted by atomic mass is 9.84. The van der Waals surface area contributed by atoms with Crippen molar-refractivity contribution in [3.63, 3.8) is 0 Å². The van der Waals surface area contributed by atoms with Crippen molar-refractivity contribution in [2.24, 2.45) is 5.41 Å². The third-order valence-electron chi connectivity index (χ3n) is 6.63. The van der Waals surface area contributed by atoms with E-state index in [9.17, 15) is 19.5 Å². The van der Waals surface area contributed by atoms with E-state index in [0.717, 1.165) is 22.3 Å². The standard InChI is InChI=1S/C25H28N2O7/c1-25(23(31)26-20(10-11-28)22(29)30)14-33-13-21(25)27-24(32)34-12-19-17-8-4-2-6-15(17)16-7-3-5-9-18(16)19/h2-9,19-21,28H,10-14H2,1H3,(H,26,31)(H,27,32)(H,29,30). The zero-order chi connectivity index (χ0) is 24.3. The minimum atomic E-state index is -1.24. The van der Waals surface area contributed by atoms with Gasteiger partial charge in [-0.2, -0.15) is 0 Å². The molecule has 2 amide bonds. The van der Waals surface area contributed by atoms with Crippen LogP contribution in [0.2, 0.25) is 0 Å². The number of aliphatic hydroxyl groups is 1. The fourth-order valence-electron chi connectivity index (χ4n) is 4.59. The number of carbonyl (C=O) groups is 3. The number of alkyl carbamates (subject to hydrolysis) is 1. The van der Waals surface area contributed by atoms with Crippen molar-refractivity contribution in [3.05, 3.63) is 59.7 Å². The molecular formula is C25H28N2O7. The number of aliphatic hydroxyl groups excluding tert-OH is 1. The SMILES string of the molecule is CC1(C(=O)NC(CCO)C(=O)O)COCC1NC(=O)OCC1c2ccccc2-c2ccccc21. The van der Waals surface area contributed by atoms with Crippen molar-refractivity contribution in [3.8, 4) is 11.1 Å². The van der Waals surface area contributed by atoms with Crippen LogP contribution in [0.3, 0.4) is 0 Å². The highest BCUT2D eigenvalue weighted by Crippen LogP contribution is 2.44. The molecule has 2 aliphatic rings. The average Bonchev–Trinajstić information content (AvgIpc) is 3.36. The van der Waals surface area contributed by atoms with Gasteiger partial charge < -0.3 is 30.3 Å². The van der Waals surface area contributed by atoms with E-state index in [0.29, 0.717) is 0 Å². The fourth-order valence-corrected chi connectivity index (χ4v) is 4.59. The molecule has 0 saturated carbocycles. The number of carboxylic acids is 1. The molecule has 3 unspecified atom stereocenters. The number of fused-ring (bicyclic) bond motifs is 3. The molecule has 1 fully saturated rings. The first kappa shape index (κ1) is 23.7. The Morgan fingerprint density at radius 3 is 2.32 bits per heavy atom. The molecule has 9 nitrogen and oxygen atoms in total. The van der Waals surface area contributed by atoms with Gasteiger partial charge in [0.15, 0.2) is 0 Å². The second-order valence-electron chi connectivity index (χ2n) is 8.83. The molecule has 4 rings (SSSR count). The summed E-state index contributed by atoms with van der Waals surface area (Å²) in [6.07, 6.45) is -0.802. The summed E-state index contributed by atoms with van der Waals surface area (Å²) in [5.74, 6) is -1.91. The van der Waals surface area contributed by atoms with Gasteiger partial charge in [0.25, 0.3) is 0 Å². The summed E-state index contributed by atoms with van der Waals surface area (Å²) in [5.41, 5.74) is 3.24. The quantitative estimate of drug-likeness (QED) is 0.465. The maximum atomic E-state index is 12.9. The lowest BCUT2D eigenvalue weighted by Crippen LogP contribution is -2.56. The van der Waals surface area contributed by atoms with Crippen molar-refractivity contribution in [1.29, 1.82) is 0 Å². The predicted octanol–water partition coefficient (Wildman–Crippen LogP) is 1.88. The van der Waals surface area contributed by atoms with Crippen molar-refractivity contribution >= 4 is 18.0 Å². The Morgan fingerprint density at radius 2 is 1.74 bits per heavy atom. The van der Waals surface area contributed by atoms with Gasteiger partial charge in [0.1, 0.15) is 12.6 Å². The molecule has 0 aromatic heterocycles. The van der Waals surface area contributed by atoms with E-state index in [1.165, 1.54) is 0 Å². The Labute approximate surface area is 197 Å².